The van der Waals surface area contributed by atoms with Crippen molar-refractivity contribution in [2.24, 2.45) is 5.10 Å². The summed E-state index contributed by atoms with van der Waals surface area (Å²) in [7, 11) is 1.96. The van der Waals surface area contributed by atoms with Crippen molar-refractivity contribution >= 4 is 17.6 Å². The van der Waals surface area contributed by atoms with Crippen LogP contribution in [0.5, 0.6) is 0 Å². The lowest BCUT2D eigenvalue weighted by molar-refractivity contribution is -0.486. The summed E-state index contributed by atoms with van der Waals surface area (Å²) >= 11 is 5.79. The predicted octanol–water partition coefficient (Wildman–Crippen LogP) is 1.66. The lowest BCUT2D eigenvalue weighted by Gasteiger charge is -2.43. The number of aromatic nitrogens is 1. The molecule has 2 heterocycles. The van der Waals surface area contributed by atoms with Crippen molar-refractivity contribution in [3.63, 3.8) is 0 Å². The zero-order chi connectivity index (χ0) is 16.3. The number of guanidine groups is 1. The number of hydrazone groups is 1. The fourth-order valence-corrected chi connectivity index (χ4v) is 2.45. The zero-order valence-corrected chi connectivity index (χ0v) is 13.6. The van der Waals surface area contributed by atoms with Gasteiger partial charge in [-0.2, -0.15) is 0 Å². The summed E-state index contributed by atoms with van der Waals surface area (Å²) in [6.45, 7) is 5.59. The fraction of sp³-hybridized carbons (Fsp3) is 0.538. The van der Waals surface area contributed by atoms with Gasteiger partial charge in [-0.05, 0) is 32.5 Å². The van der Waals surface area contributed by atoms with Gasteiger partial charge < -0.3 is 9.80 Å². The zero-order valence-electron chi connectivity index (χ0n) is 12.8. The van der Waals surface area contributed by atoms with Crippen LogP contribution in [0.25, 0.3) is 0 Å². The lowest BCUT2D eigenvalue weighted by Crippen LogP contribution is -2.59. The molecule has 9 heteroatoms. The van der Waals surface area contributed by atoms with E-state index in [1.54, 1.807) is 12.3 Å². The highest BCUT2D eigenvalue weighted by Gasteiger charge is 2.31. The summed E-state index contributed by atoms with van der Waals surface area (Å²) in [6, 6.07) is 3.66. The van der Waals surface area contributed by atoms with Crippen LogP contribution in [0.3, 0.4) is 0 Å². The van der Waals surface area contributed by atoms with Gasteiger partial charge in [0.05, 0.1) is 13.3 Å². The Morgan fingerprint density at radius 1 is 1.45 bits per heavy atom. The molecule has 1 saturated heterocycles. The minimum Gasteiger partial charge on any atom is -0.322 e. The van der Waals surface area contributed by atoms with Crippen LogP contribution in [0, 0.1) is 10.1 Å². The average Bonchev–Trinajstić information content (AvgIpc) is 2.43. The molecule has 0 unspecified atom stereocenters. The molecule has 1 aliphatic heterocycles. The molecule has 0 bridgehead atoms. The summed E-state index contributed by atoms with van der Waals surface area (Å²) in [6.07, 6.45) is 1.67. The number of nitrogens with zero attached hydrogens (tertiary/aromatic N) is 6. The third kappa shape index (κ3) is 4.05. The van der Waals surface area contributed by atoms with E-state index < -0.39 is 5.03 Å². The molecule has 8 nitrogen and oxygen atoms in total. The minimum atomic E-state index is -0.650. The number of halogens is 1. The largest absolute Gasteiger partial charge is 0.322 e. The summed E-state index contributed by atoms with van der Waals surface area (Å²) in [5.41, 5.74) is 0.916. The Hall–Kier alpha value is -1.93. The van der Waals surface area contributed by atoms with Crippen LogP contribution in [0.4, 0.5) is 0 Å². The molecule has 1 aromatic rings. The highest BCUT2D eigenvalue weighted by atomic mass is 35.5. The first-order valence-corrected chi connectivity index (χ1v) is 7.28. The van der Waals surface area contributed by atoms with Crippen molar-refractivity contribution in [1.82, 2.24) is 19.7 Å². The van der Waals surface area contributed by atoms with Gasteiger partial charge in [-0.15, -0.1) is 0 Å². The minimum absolute atomic E-state index is 0.104. The molecule has 1 aromatic heterocycles. The molecule has 0 aliphatic carbocycles. The van der Waals surface area contributed by atoms with Crippen molar-refractivity contribution in [2.45, 2.75) is 26.4 Å². The molecule has 1 aliphatic rings. The van der Waals surface area contributed by atoms with Crippen molar-refractivity contribution in [3.8, 4) is 0 Å². The van der Waals surface area contributed by atoms with Crippen molar-refractivity contribution in [3.05, 3.63) is 39.2 Å². The van der Waals surface area contributed by atoms with Crippen LogP contribution in [-0.4, -0.2) is 57.1 Å². The van der Waals surface area contributed by atoms with E-state index in [-0.39, 0.29) is 6.04 Å². The first-order valence-electron chi connectivity index (χ1n) is 6.90. The number of pyridine rings is 1. The molecule has 1 fully saturated rings. The van der Waals surface area contributed by atoms with E-state index in [2.05, 4.69) is 15.0 Å². The smallest absolute Gasteiger partial charge is 0.276 e. The maximum absolute atomic E-state index is 10.9. The summed E-state index contributed by atoms with van der Waals surface area (Å²) < 4.78 is 0. The lowest BCUT2D eigenvalue weighted by atomic mass is 10.2. The molecule has 0 N–H and O–H groups in total. The topological polar surface area (TPSA) is 78.1 Å². The van der Waals surface area contributed by atoms with Gasteiger partial charge in [0.2, 0.25) is 0 Å². The van der Waals surface area contributed by atoms with Crippen LogP contribution in [0.1, 0.15) is 19.4 Å². The van der Waals surface area contributed by atoms with Gasteiger partial charge in [-0.25, -0.2) is 15.1 Å². The first kappa shape index (κ1) is 16.4. The Balaban J connectivity index is 2.28. The third-order valence-electron chi connectivity index (χ3n) is 3.30. The third-order valence-corrected chi connectivity index (χ3v) is 3.53. The van der Waals surface area contributed by atoms with Gasteiger partial charge in [-0.3, -0.25) is 4.90 Å². The van der Waals surface area contributed by atoms with Crippen molar-refractivity contribution in [2.75, 3.05) is 20.4 Å². The van der Waals surface area contributed by atoms with Crippen LogP contribution in [0.15, 0.2) is 23.4 Å². The quantitative estimate of drug-likeness (QED) is 0.475. The Labute approximate surface area is 134 Å². The van der Waals surface area contributed by atoms with E-state index in [1.807, 2.05) is 36.8 Å². The van der Waals surface area contributed by atoms with Crippen LogP contribution >= 0.6 is 11.6 Å². The van der Waals surface area contributed by atoms with Crippen molar-refractivity contribution < 1.29 is 5.03 Å². The Morgan fingerprint density at radius 3 is 2.73 bits per heavy atom. The number of hydrogen-bond acceptors (Lipinski definition) is 4. The van der Waals surface area contributed by atoms with Crippen LogP contribution in [0.2, 0.25) is 5.15 Å². The molecule has 0 saturated carbocycles. The highest BCUT2D eigenvalue weighted by molar-refractivity contribution is 6.29. The van der Waals surface area contributed by atoms with Gasteiger partial charge in [0.1, 0.15) is 10.3 Å². The Kier molecular flexibility index (Phi) is 5.15. The standard InChI is InChI=1S/C13H19ClN6O2/c1-10(2)19-9-17(3)8-18(13(19)16-20(21)22)7-11-4-5-12(14)15-6-11/h4-6,10H,7-9H2,1-3H3/b16-13-. The van der Waals surface area contributed by atoms with Gasteiger partial charge in [0, 0.05) is 18.8 Å². The van der Waals surface area contributed by atoms with Gasteiger partial charge in [0.15, 0.2) is 5.03 Å². The molecule has 22 heavy (non-hydrogen) atoms. The second-order valence-corrected chi connectivity index (χ2v) is 5.91. The van der Waals surface area contributed by atoms with E-state index in [0.29, 0.717) is 31.0 Å². The van der Waals surface area contributed by atoms with E-state index >= 15 is 0 Å². The summed E-state index contributed by atoms with van der Waals surface area (Å²) in [5.74, 6) is 0.369. The Bertz CT molecular complexity index is 562. The highest BCUT2D eigenvalue weighted by Crippen LogP contribution is 2.16. The van der Waals surface area contributed by atoms with Crippen LogP contribution in [-0.2, 0) is 6.54 Å². The first-order chi connectivity index (χ1) is 10.4. The SMILES string of the molecule is CC(C)N1CN(C)CN(Cc2ccc(Cl)nc2)/C1=N/[N+](=O)[O-]. The van der Waals surface area contributed by atoms with Gasteiger partial charge in [0.25, 0.3) is 5.96 Å². The fourth-order valence-electron chi connectivity index (χ4n) is 2.33. The van der Waals surface area contributed by atoms with E-state index in [4.69, 9.17) is 11.6 Å². The normalized spacial score (nSPS) is 18.3. The monoisotopic (exact) mass is 326 g/mol. The second kappa shape index (κ2) is 6.89. The molecule has 0 amide bonds. The van der Waals surface area contributed by atoms with E-state index in [0.717, 1.165) is 5.56 Å². The van der Waals surface area contributed by atoms with Gasteiger partial charge >= 0.3 is 0 Å². The maximum atomic E-state index is 10.9. The molecule has 0 radical (unpaired) electrons. The molecular weight excluding hydrogens is 308 g/mol. The van der Waals surface area contributed by atoms with E-state index in [1.165, 1.54) is 0 Å². The predicted molar refractivity (Wildman–Crippen MR) is 83.7 cm³/mol. The molecule has 0 aromatic carbocycles. The molecule has 120 valence electrons. The summed E-state index contributed by atoms with van der Waals surface area (Å²) in [4.78, 5) is 20.8. The van der Waals surface area contributed by atoms with Gasteiger partial charge in [-0.1, -0.05) is 17.7 Å². The molecule has 0 atom stereocenters. The molecule has 2 rings (SSSR count). The summed E-state index contributed by atoms with van der Waals surface area (Å²) in [5, 5.41) is 14.2. The average molecular weight is 327 g/mol. The van der Waals surface area contributed by atoms with Crippen LogP contribution < -0.4 is 0 Å². The van der Waals surface area contributed by atoms with Crippen molar-refractivity contribution in [1.29, 1.82) is 0 Å². The number of hydrogen-bond donors (Lipinski definition) is 0. The Morgan fingerprint density at radius 2 is 2.18 bits per heavy atom. The number of rotatable bonds is 4. The maximum Gasteiger partial charge on any atom is 0.276 e. The van der Waals surface area contributed by atoms with E-state index in [9.17, 15) is 10.1 Å². The molecular formula is C13H19ClN6O2. The number of nitro groups is 1. The molecule has 0 spiro atoms. The second-order valence-electron chi connectivity index (χ2n) is 5.53.